The third-order valence-electron chi connectivity index (χ3n) is 6.19. The molecule has 2 saturated heterocycles. The van der Waals surface area contributed by atoms with E-state index in [4.69, 9.17) is 25.8 Å². The summed E-state index contributed by atoms with van der Waals surface area (Å²) >= 11 is 6.12. The van der Waals surface area contributed by atoms with Crippen molar-refractivity contribution in [2.24, 2.45) is 0 Å². The van der Waals surface area contributed by atoms with Gasteiger partial charge < -0.3 is 14.2 Å². The van der Waals surface area contributed by atoms with Crippen molar-refractivity contribution in [2.45, 2.75) is 50.8 Å². The van der Waals surface area contributed by atoms with Gasteiger partial charge in [-0.1, -0.05) is 54.1 Å². The summed E-state index contributed by atoms with van der Waals surface area (Å²) < 4.78 is 16.7. The van der Waals surface area contributed by atoms with Crippen LogP contribution in [0.4, 0.5) is 9.59 Å². The molecule has 0 spiro atoms. The molecule has 0 N–H and O–H groups in total. The number of morpholine rings is 1. The second kappa shape index (κ2) is 10.9. The number of benzene rings is 2. The standard InChI is InChI=1S/C27H31ClN2O6/c1-27(2,3)36-25(32)29-13-14-34-17-22(29)23(19-9-11-20(28)12-10-19)24(31)30-21(16-35-26(30)33)15-18-7-5-4-6-8-18/h4-12,21-23H,13-17H2,1-3H3/t21-,22+,23+/m1/s1. The van der Waals surface area contributed by atoms with Crippen LogP contribution in [0.3, 0.4) is 0 Å². The molecule has 2 aromatic carbocycles. The Balaban J connectivity index is 1.69. The molecule has 9 heteroatoms. The van der Waals surface area contributed by atoms with Crippen molar-refractivity contribution in [2.75, 3.05) is 26.4 Å². The molecule has 0 bridgehead atoms. The average molecular weight is 515 g/mol. The summed E-state index contributed by atoms with van der Waals surface area (Å²) in [5.74, 6) is -1.34. The fourth-order valence-electron chi connectivity index (χ4n) is 4.56. The van der Waals surface area contributed by atoms with Crippen LogP contribution in [0.2, 0.25) is 5.02 Å². The molecule has 0 aliphatic carbocycles. The van der Waals surface area contributed by atoms with Crippen LogP contribution in [-0.4, -0.2) is 71.9 Å². The zero-order valence-corrected chi connectivity index (χ0v) is 21.4. The largest absolute Gasteiger partial charge is 0.447 e. The highest BCUT2D eigenvalue weighted by atomic mass is 35.5. The van der Waals surface area contributed by atoms with Crippen molar-refractivity contribution in [3.05, 3.63) is 70.7 Å². The molecule has 2 aromatic rings. The molecule has 192 valence electrons. The zero-order valence-electron chi connectivity index (χ0n) is 20.7. The average Bonchev–Trinajstić information content (AvgIpc) is 3.20. The maximum Gasteiger partial charge on any atom is 0.417 e. The molecule has 0 unspecified atom stereocenters. The van der Waals surface area contributed by atoms with Gasteiger partial charge in [-0.15, -0.1) is 0 Å². The van der Waals surface area contributed by atoms with E-state index in [1.54, 1.807) is 45.0 Å². The number of carbonyl (C=O) groups excluding carboxylic acids is 3. The Kier molecular flexibility index (Phi) is 7.85. The highest BCUT2D eigenvalue weighted by Crippen LogP contribution is 2.33. The first-order chi connectivity index (χ1) is 17.1. The van der Waals surface area contributed by atoms with Gasteiger partial charge in [0.05, 0.1) is 31.2 Å². The van der Waals surface area contributed by atoms with Gasteiger partial charge in [-0.3, -0.25) is 9.69 Å². The molecular weight excluding hydrogens is 484 g/mol. The SMILES string of the molecule is CC(C)(C)OC(=O)N1CCOC[C@H]1[C@@H](C(=O)N1C(=O)OC[C@H]1Cc1ccccc1)c1ccc(Cl)cc1. The van der Waals surface area contributed by atoms with Crippen LogP contribution in [0, 0.1) is 0 Å². The number of ether oxygens (including phenoxy) is 3. The number of nitrogens with zero attached hydrogens (tertiary/aromatic N) is 2. The Morgan fingerprint density at radius 1 is 1.08 bits per heavy atom. The molecule has 2 fully saturated rings. The highest BCUT2D eigenvalue weighted by Gasteiger charge is 2.47. The molecule has 0 aromatic heterocycles. The fourth-order valence-corrected chi connectivity index (χ4v) is 4.69. The van der Waals surface area contributed by atoms with Crippen molar-refractivity contribution < 1.29 is 28.6 Å². The van der Waals surface area contributed by atoms with E-state index in [0.717, 1.165) is 5.56 Å². The van der Waals surface area contributed by atoms with Gasteiger partial charge in [-0.2, -0.15) is 0 Å². The van der Waals surface area contributed by atoms with Crippen LogP contribution < -0.4 is 0 Å². The molecular formula is C27H31ClN2O6. The Morgan fingerprint density at radius 3 is 2.44 bits per heavy atom. The Bertz CT molecular complexity index is 1090. The summed E-state index contributed by atoms with van der Waals surface area (Å²) in [6.07, 6.45) is -0.768. The molecule has 36 heavy (non-hydrogen) atoms. The lowest BCUT2D eigenvalue weighted by Crippen LogP contribution is -2.56. The number of carbonyl (C=O) groups is 3. The van der Waals surface area contributed by atoms with Gasteiger partial charge in [0.25, 0.3) is 0 Å². The van der Waals surface area contributed by atoms with Crippen molar-refractivity contribution >= 4 is 29.7 Å². The molecule has 3 atom stereocenters. The molecule has 3 amide bonds. The van der Waals surface area contributed by atoms with Gasteiger partial charge in [-0.05, 0) is 50.5 Å². The predicted molar refractivity (Wildman–Crippen MR) is 134 cm³/mol. The summed E-state index contributed by atoms with van der Waals surface area (Å²) in [6.45, 7) is 6.16. The topological polar surface area (TPSA) is 85.4 Å². The lowest BCUT2D eigenvalue weighted by Gasteiger charge is -2.41. The summed E-state index contributed by atoms with van der Waals surface area (Å²) in [4.78, 5) is 42.8. The van der Waals surface area contributed by atoms with Crippen LogP contribution in [0.5, 0.6) is 0 Å². The normalized spacial score (nSPS) is 21.2. The number of hydrogen-bond acceptors (Lipinski definition) is 6. The van der Waals surface area contributed by atoms with Gasteiger partial charge in [-0.25, -0.2) is 14.5 Å². The summed E-state index contributed by atoms with van der Waals surface area (Å²) in [6, 6.07) is 15.3. The first-order valence-electron chi connectivity index (χ1n) is 12.0. The lowest BCUT2D eigenvalue weighted by atomic mass is 9.88. The van der Waals surface area contributed by atoms with Gasteiger partial charge >= 0.3 is 12.2 Å². The summed E-state index contributed by atoms with van der Waals surface area (Å²) in [5, 5.41) is 0.511. The molecule has 8 nitrogen and oxygen atoms in total. The van der Waals surface area contributed by atoms with E-state index in [9.17, 15) is 14.4 Å². The van der Waals surface area contributed by atoms with E-state index in [1.165, 1.54) is 9.80 Å². The molecule has 0 radical (unpaired) electrons. The number of halogens is 1. The van der Waals surface area contributed by atoms with Gasteiger partial charge in [0.1, 0.15) is 12.2 Å². The maximum atomic E-state index is 14.2. The first-order valence-corrected chi connectivity index (χ1v) is 12.4. The number of imide groups is 1. The minimum Gasteiger partial charge on any atom is -0.447 e. The maximum absolute atomic E-state index is 14.2. The summed E-state index contributed by atoms with van der Waals surface area (Å²) in [7, 11) is 0. The zero-order chi connectivity index (χ0) is 25.9. The molecule has 4 rings (SSSR count). The third kappa shape index (κ3) is 5.99. The summed E-state index contributed by atoms with van der Waals surface area (Å²) in [5.41, 5.74) is 0.892. The third-order valence-corrected chi connectivity index (χ3v) is 6.44. The van der Waals surface area contributed by atoms with E-state index in [2.05, 4.69) is 0 Å². The van der Waals surface area contributed by atoms with Crippen LogP contribution in [-0.2, 0) is 25.4 Å². The van der Waals surface area contributed by atoms with E-state index in [1.807, 2.05) is 30.3 Å². The van der Waals surface area contributed by atoms with Crippen molar-refractivity contribution in [3.63, 3.8) is 0 Å². The monoisotopic (exact) mass is 514 g/mol. The van der Waals surface area contributed by atoms with Gasteiger partial charge in [0.2, 0.25) is 5.91 Å². The second-order valence-electron chi connectivity index (χ2n) is 9.97. The highest BCUT2D eigenvalue weighted by molar-refractivity contribution is 6.30. The van der Waals surface area contributed by atoms with Gasteiger partial charge in [0, 0.05) is 11.6 Å². The van der Waals surface area contributed by atoms with Crippen LogP contribution in [0.15, 0.2) is 54.6 Å². The van der Waals surface area contributed by atoms with E-state index >= 15 is 0 Å². The molecule has 2 aliphatic rings. The Labute approximate surface area is 216 Å². The minimum absolute atomic E-state index is 0.101. The molecule has 2 heterocycles. The Morgan fingerprint density at radius 2 is 1.78 bits per heavy atom. The number of amides is 3. The molecule has 2 aliphatic heterocycles. The number of hydrogen-bond donors (Lipinski definition) is 0. The quantitative estimate of drug-likeness (QED) is 0.577. The van der Waals surface area contributed by atoms with E-state index in [0.29, 0.717) is 23.6 Å². The Hall–Kier alpha value is -3.10. The lowest BCUT2D eigenvalue weighted by molar-refractivity contribution is -0.134. The number of cyclic esters (lactones) is 1. The van der Waals surface area contributed by atoms with Crippen molar-refractivity contribution in [1.29, 1.82) is 0 Å². The van der Waals surface area contributed by atoms with Crippen molar-refractivity contribution in [3.8, 4) is 0 Å². The fraction of sp³-hybridized carbons (Fsp3) is 0.444. The minimum atomic E-state index is -0.890. The first kappa shape index (κ1) is 26.0. The molecule has 0 saturated carbocycles. The van der Waals surface area contributed by atoms with E-state index in [-0.39, 0.29) is 19.8 Å². The van der Waals surface area contributed by atoms with Crippen molar-refractivity contribution in [1.82, 2.24) is 9.80 Å². The predicted octanol–water partition coefficient (Wildman–Crippen LogP) is 4.65. The van der Waals surface area contributed by atoms with E-state index < -0.39 is 41.7 Å². The van der Waals surface area contributed by atoms with Crippen LogP contribution in [0.25, 0.3) is 0 Å². The van der Waals surface area contributed by atoms with Crippen LogP contribution in [0.1, 0.15) is 37.8 Å². The smallest absolute Gasteiger partial charge is 0.417 e. The second-order valence-corrected chi connectivity index (χ2v) is 10.4. The van der Waals surface area contributed by atoms with Crippen LogP contribution >= 0.6 is 11.6 Å². The number of rotatable bonds is 5. The van der Waals surface area contributed by atoms with Gasteiger partial charge in [0.15, 0.2) is 0 Å².